The maximum atomic E-state index is 11.0. The normalized spacial score (nSPS) is 19.3. The lowest BCUT2D eigenvalue weighted by molar-refractivity contribution is -0.119. The molecule has 1 aromatic rings. The molecular weight excluding hydrogens is 238 g/mol. The van der Waals surface area contributed by atoms with Crippen LogP contribution in [-0.2, 0) is 11.3 Å². The molecule has 1 aliphatic rings. The number of carbonyl (C=O) groups is 2. The monoisotopic (exact) mass is 253 g/mol. The van der Waals surface area contributed by atoms with Gasteiger partial charge in [-0.1, -0.05) is 0 Å². The number of nitrogens with one attached hydrogen (secondary N) is 2. The minimum Gasteiger partial charge on any atom is -0.366 e. The minimum atomic E-state index is -0.393. The fraction of sp³-hybridized carbons (Fsp3) is 0.455. The minimum absolute atomic E-state index is 0.129. The van der Waals surface area contributed by atoms with Gasteiger partial charge in [0.05, 0.1) is 5.56 Å². The molecule has 0 radical (unpaired) electrons. The number of nitrogens with two attached hydrogens (primary N) is 1. The average molecular weight is 253 g/mol. The van der Waals surface area contributed by atoms with Crippen molar-refractivity contribution < 1.29 is 9.59 Å². The third kappa shape index (κ3) is 3.28. The molecule has 17 heavy (non-hydrogen) atoms. The Morgan fingerprint density at radius 1 is 1.65 bits per heavy atom. The molecule has 1 atom stereocenters. The molecule has 2 amide bonds. The Morgan fingerprint density at radius 2 is 2.47 bits per heavy atom. The first kappa shape index (κ1) is 12.1. The van der Waals surface area contributed by atoms with Crippen LogP contribution in [0.2, 0.25) is 0 Å². The summed E-state index contributed by atoms with van der Waals surface area (Å²) in [6.07, 6.45) is 1.51. The molecule has 0 aromatic carbocycles. The Bertz CT molecular complexity index is 430. The molecule has 0 spiro atoms. The van der Waals surface area contributed by atoms with Crippen LogP contribution in [0.4, 0.5) is 0 Å². The van der Waals surface area contributed by atoms with Gasteiger partial charge in [0.2, 0.25) is 11.8 Å². The lowest BCUT2D eigenvalue weighted by atomic mass is 10.2. The Morgan fingerprint density at radius 3 is 3.06 bits per heavy atom. The van der Waals surface area contributed by atoms with E-state index in [-0.39, 0.29) is 11.9 Å². The number of primary amides is 1. The van der Waals surface area contributed by atoms with Gasteiger partial charge in [0.1, 0.15) is 0 Å². The van der Waals surface area contributed by atoms with E-state index in [9.17, 15) is 9.59 Å². The zero-order chi connectivity index (χ0) is 12.3. The summed E-state index contributed by atoms with van der Waals surface area (Å²) in [4.78, 5) is 22.9. The van der Waals surface area contributed by atoms with E-state index in [2.05, 4.69) is 10.6 Å². The van der Waals surface area contributed by atoms with Gasteiger partial charge in [0, 0.05) is 35.8 Å². The fourth-order valence-corrected chi connectivity index (χ4v) is 2.65. The summed E-state index contributed by atoms with van der Waals surface area (Å²) in [5.74, 6) is -0.264. The van der Waals surface area contributed by atoms with E-state index < -0.39 is 5.91 Å². The largest absolute Gasteiger partial charge is 0.366 e. The molecule has 1 aromatic heterocycles. The molecule has 2 heterocycles. The van der Waals surface area contributed by atoms with Gasteiger partial charge < -0.3 is 16.4 Å². The summed E-state index contributed by atoms with van der Waals surface area (Å²) in [5.41, 5.74) is 5.73. The zero-order valence-corrected chi connectivity index (χ0v) is 10.2. The van der Waals surface area contributed by atoms with Gasteiger partial charge in [-0.3, -0.25) is 9.59 Å². The third-order valence-electron chi connectivity index (χ3n) is 2.71. The van der Waals surface area contributed by atoms with Crippen LogP contribution >= 0.6 is 11.3 Å². The number of hydrogen-bond acceptors (Lipinski definition) is 4. The van der Waals surface area contributed by atoms with E-state index in [0.29, 0.717) is 18.5 Å². The van der Waals surface area contributed by atoms with E-state index in [1.54, 1.807) is 11.4 Å². The Kier molecular flexibility index (Phi) is 3.75. The number of thiophene rings is 1. The van der Waals surface area contributed by atoms with Crippen molar-refractivity contribution in [2.75, 3.05) is 6.54 Å². The predicted octanol–water partition coefficient (Wildman–Crippen LogP) is 0.215. The summed E-state index contributed by atoms with van der Waals surface area (Å²) < 4.78 is 0. The van der Waals surface area contributed by atoms with Crippen LogP contribution in [0, 0.1) is 0 Å². The Hall–Kier alpha value is -1.40. The molecule has 0 bridgehead atoms. The number of rotatable bonds is 5. The standard InChI is InChI=1S/C11H15N3O2S/c12-11(16)7-3-9(17-6-7)5-13-4-8-1-2-10(15)14-8/h3,6,8,13H,1-2,4-5H2,(H2,12,16)(H,14,15). The van der Waals surface area contributed by atoms with Crippen molar-refractivity contribution >= 4 is 23.2 Å². The molecule has 0 saturated carbocycles. The van der Waals surface area contributed by atoms with Crippen molar-refractivity contribution in [3.05, 3.63) is 21.9 Å². The second kappa shape index (κ2) is 5.29. The molecule has 6 heteroatoms. The highest BCUT2D eigenvalue weighted by Gasteiger charge is 2.19. The second-order valence-electron chi connectivity index (χ2n) is 4.10. The highest BCUT2D eigenvalue weighted by atomic mass is 32.1. The molecule has 1 unspecified atom stereocenters. The van der Waals surface area contributed by atoms with Gasteiger partial charge in [0.15, 0.2) is 0 Å². The maximum Gasteiger partial charge on any atom is 0.249 e. The van der Waals surface area contributed by atoms with Crippen LogP contribution in [0.15, 0.2) is 11.4 Å². The van der Waals surface area contributed by atoms with Gasteiger partial charge in [-0.05, 0) is 12.5 Å². The van der Waals surface area contributed by atoms with Crippen molar-refractivity contribution in [3.63, 3.8) is 0 Å². The summed E-state index contributed by atoms with van der Waals surface area (Å²) in [6.45, 7) is 1.46. The topological polar surface area (TPSA) is 84.2 Å². The zero-order valence-electron chi connectivity index (χ0n) is 9.36. The van der Waals surface area contributed by atoms with E-state index >= 15 is 0 Å². The van der Waals surface area contributed by atoms with E-state index in [0.717, 1.165) is 17.8 Å². The fourth-order valence-electron chi connectivity index (χ4n) is 1.80. The molecule has 4 N–H and O–H groups in total. The summed E-state index contributed by atoms with van der Waals surface area (Å²) in [7, 11) is 0. The molecule has 1 fully saturated rings. The molecule has 0 aliphatic carbocycles. The lowest BCUT2D eigenvalue weighted by Crippen LogP contribution is -2.35. The first-order chi connectivity index (χ1) is 8.15. The highest BCUT2D eigenvalue weighted by Crippen LogP contribution is 2.14. The first-order valence-corrected chi connectivity index (χ1v) is 6.40. The van der Waals surface area contributed by atoms with Crippen molar-refractivity contribution in [1.82, 2.24) is 10.6 Å². The van der Waals surface area contributed by atoms with Crippen molar-refractivity contribution in [2.45, 2.75) is 25.4 Å². The first-order valence-electron chi connectivity index (χ1n) is 5.52. The van der Waals surface area contributed by atoms with E-state index in [1.807, 2.05) is 0 Å². The highest BCUT2D eigenvalue weighted by molar-refractivity contribution is 7.10. The van der Waals surface area contributed by atoms with Crippen LogP contribution in [0.25, 0.3) is 0 Å². The number of amides is 2. The van der Waals surface area contributed by atoms with Gasteiger partial charge in [-0.2, -0.15) is 0 Å². The predicted molar refractivity (Wildman–Crippen MR) is 65.7 cm³/mol. The average Bonchev–Trinajstić information content (AvgIpc) is 2.88. The van der Waals surface area contributed by atoms with Crippen LogP contribution in [0.5, 0.6) is 0 Å². The van der Waals surface area contributed by atoms with Crippen LogP contribution < -0.4 is 16.4 Å². The van der Waals surface area contributed by atoms with Crippen molar-refractivity contribution in [3.8, 4) is 0 Å². The van der Waals surface area contributed by atoms with Crippen molar-refractivity contribution in [1.29, 1.82) is 0 Å². The van der Waals surface area contributed by atoms with Crippen LogP contribution in [0.1, 0.15) is 28.1 Å². The SMILES string of the molecule is NC(=O)c1csc(CNCC2CCC(=O)N2)c1. The van der Waals surface area contributed by atoms with Crippen LogP contribution in [0.3, 0.4) is 0 Å². The molecule has 1 saturated heterocycles. The molecule has 92 valence electrons. The molecule has 1 aliphatic heterocycles. The summed E-state index contributed by atoms with van der Waals surface area (Å²) in [5, 5.41) is 7.91. The van der Waals surface area contributed by atoms with Gasteiger partial charge in [0.25, 0.3) is 0 Å². The summed E-state index contributed by atoms with van der Waals surface area (Å²) in [6, 6.07) is 2.03. The van der Waals surface area contributed by atoms with Gasteiger partial charge >= 0.3 is 0 Å². The summed E-state index contributed by atoms with van der Waals surface area (Å²) >= 11 is 1.51. The third-order valence-corrected chi connectivity index (χ3v) is 3.65. The number of hydrogen-bond donors (Lipinski definition) is 3. The molecule has 2 rings (SSSR count). The number of carbonyl (C=O) groups excluding carboxylic acids is 2. The second-order valence-corrected chi connectivity index (χ2v) is 5.10. The quantitative estimate of drug-likeness (QED) is 0.701. The van der Waals surface area contributed by atoms with E-state index in [4.69, 9.17) is 5.73 Å². The van der Waals surface area contributed by atoms with E-state index in [1.165, 1.54) is 11.3 Å². The maximum absolute atomic E-state index is 11.0. The smallest absolute Gasteiger partial charge is 0.249 e. The lowest BCUT2D eigenvalue weighted by Gasteiger charge is -2.10. The van der Waals surface area contributed by atoms with Gasteiger partial charge in [-0.25, -0.2) is 0 Å². The molecular formula is C11H15N3O2S. The molecule has 5 nitrogen and oxygen atoms in total. The van der Waals surface area contributed by atoms with Crippen LogP contribution in [-0.4, -0.2) is 24.4 Å². The Labute approximate surface area is 103 Å². The van der Waals surface area contributed by atoms with Gasteiger partial charge in [-0.15, -0.1) is 11.3 Å². The Balaban J connectivity index is 1.74. The van der Waals surface area contributed by atoms with Crippen molar-refractivity contribution in [2.24, 2.45) is 5.73 Å².